The van der Waals surface area contributed by atoms with E-state index < -0.39 is 11.6 Å². The molecule has 0 bridgehead atoms. The average molecular weight is 191 g/mol. The monoisotopic (exact) mass is 191 g/mol. The molecule has 2 rings (SSSR count). The first-order chi connectivity index (χ1) is 6.64. The lowest BCUT2D eigenvalue weighted by Gasteiger charge is -2.49. The fourth-order valence-corrected chi connectivity index (χ4v) is 2.28. The van der Waals surface area contributed by atoms with E-state index in [9.17, 15) is 5.11 Å². The van der Waals surface area contributed by atoms with Crippen molar-refractivity contribution in [2.24, 2.45) is 5.73 Å². The van der Waals surface area contributed by atoms with Gasteiger partial charge in [-0.15, -0.1) is 0 Å². The Morgan fingerprint density at radius 2 is 2.07 bits per heavy atom. The van der Waals surface area contributed by atoms with E-state index in [-0.39, 0.29) is 0 Å². The molecule has 1 saturated carbocycles. The summed E-state index contributed by atoms with van der Waals surface area (Å²) in [5.41, 5.74) is 7.02. The summed E-state index contributed by atoms with van der Waals surface area (Å²) in [6.07, 6.45) is 1.58. The highest BCUT2D eigenvalue weighted by Crippen LogP contribution is 2.45. The van der Waals surface area contributed by atoms with Crippen LogP contribution in [-0.4, -0.2) is 16.7 Å². The van der Waals surface area contributed by atoms with Gasteiger partial charge in [0, 0.05) is 11.5 Å². The van der Waals surface area contributed by atoms with Crippen LogP contribution < -0.4 is 5.73 Å². The Hall–Kier alpha value is -0.860. The van der Waals surface area contributed by atoms with E-state index in [0.29, 0.717) is 5.92 Å². The van der Waals surface area contributed by atoms with E-state index >= 15 is 0 Å². The molecule has 0 amide bonds. The fraction of sp³-hybridized carbons (Fsp3) is 0.500. The van der Waals surface area contributed by atoms with E-state index in [1.165, 1.54) is 5.56 Å². The molecule has 76 valence electrons. The topological polar surface area (TPSA) is 46.2 Å². The van der Waals surface area contributed by atoms with E-state index in [2.05, 4.69) is 12.1 Å². The van der Waals surface area contributed by atoms with Crippen LogP contribution in [0, 0.1) is 0 Å². The highest BCUT2D eigenvalue weighted by Gasteiger charge is 2.47. The Kier molecular flexibility index (Phi) is 2.33. The molecule has 3 unspecified atom stereocenters. The molecule has 0 aliphatic heterocycles. The minimum absolute atomic E-state index is 0.323. The molecule has 14 heavy (non-hydrogen) atoms. The molecule has 0 aromatic heterocycles. The van der Waals surface area contributed by atoms with E-state index in [0.717, 1.165) is 12.8 Å². The zero-order valence-corrected chi connectivity index (χ0v) is 8.48. The molecule has 3 atom stereocenters. The SMILES string of the molecule is CC(O)C1(N)CCC1c1ccccc1. The molecule has 0 saturated heterocycles. The summed E-state index contributed by atoms with van der Waals surface area (Å²) in [6, 6.07) is 10.2. The summed E-state index contributed by atoms with van der Waals surface area (Å²) in [5, 5.41) is 9.64. The molecule has 0 heterocycles. The minimum Gasteiger partial charge on any atom is -0.391 e. The van der Waals surface area contributed by atoms with Crippen LogP contribution >= 0.6 is 0 Å². The molecular weight excluding hydrogens is 174 g/mol. The number of nitrogens with two attached hydrogens (primary N) is 1. The van der Waals surface area contributed by atoms with Crippen LogP contribution in [0.25, 0.3) is 0 Å². The van der Waals surface area contributed by atoms with E-state index in [1.54, 1.807) is 6.92 Å². The van der Waals surface area contributed by atoms with Crippen LogP contribution in [0.2, 0.25) is 0 Å². The highest BCUT2D eigenvalue weighted by molar-refractivity contribution is 5.28. The van der Waals surface area contributed by atoms with Gasteiger partial charge in [0.05, 0.1) is 6.10 Å². The van der Waals surface area contributed by atoms with Gasteiger partial charge < -0.3 is 10.8 Å². The van der Waals surface area contributed by atoms with Gasteiger partial charge in [0.25, 0.3) is 0 Å². The van der Waals surface area contributed by atoms with Gasteiger partial charge in [-0.1, -0.05) is 30.3 Å². The Labute approximate surface area is 84.7 Å². The van der Waals surface area contributed by atoms with Gasteiger partial charge in [-0.05, 0) is 25.3 Å². The first kappa shape index (κ1) is 9.69. The van der Waals surface area contributed by atoms with Crippen molar-refractivity contribution >= 4 is 0 Å². The second-order valence-corrected chi connectivity index (χ2v) is 4.29. The third kappa shape index (κ3) is 1.35. The predicted molar refractivity (Wildman–Crippen MR) is 57.0 cm³/mol. The number of aliphatic hydroxyl groups excluding tert-OH is 1. The van der Waals surface area contributed by atoms with Crippen molar-refractivity contribution in [3.05, 3.63) is 35.9 Å². The van der Waals surface area contributed by atoms with Gasteiger partial charge in [0.2, 0.25) is 0 Å². The van der Waals surface area contributed by atoms with E-state index in [1.807, 2.05) is 18.2 Å². The second-order valence-electron chi connectivity index (χ2n) is 4.29. The van der Waals surface area contributed by atoms with Crippen LogP contribution in [-0.2, 0) is 0 Å². The Balaban J connectivity index is 2.22. The molecule has 1 aromatic carbocycles. The maximum atomic E-state index is 9.64. The fourth-order valence-electron chi connectivity index (χ4n) is 2.28. The number of hydrogen-bond acceptors (Lipinski definition) is 2. The molecule has 2 nitrogen and oxygen atoms in total. The molecule has 1 fully saturated rings. The normalized spacial score (nSPS) is 33.5. The zero-order valence-electron chi connectivity index (χ0n) is 8.48. The van der Waals surface area contributed by atoms with Gasteiger partial charge >= 0.3 is 0 Å². The Morgan fingerprint density at radius 3 is 2.50 bits per heavy atom. The summed E-state index contributed by atoms with van der Waals surface area (Å²) in [4.78, 5) is 0. The lowest BCUT2D eigenvalue weighted by atomic mass is 9.62. The van der Waals surface area contributed by atoms with Crippen molar-refractivity contribution in [2.45, 2.75) is 37.3 Å². The zero-order chi connectivity index (χ0) is 10.2. The number of aliphatic hydroxyl groups is 1. The van der Waals surface area contributed by atoms with Gasteiger partial charge in [0.1, 0.15) is 0 Å². The first-order valence-electron chi connectivity index (χ1n) is 5.16. The molecule has 0 radical (unpaired) electrons. The molecule has 2 heteroatoms. The Bertz CT molecular complexity index is 309. The molecule has 3 N–H and O–H groups in total. The van der Waals surface area contributed by atoms with E-state index in [4.69, 9.17) is 5.73 Å². The number of hydrogen-bond donors (Lipinski definition) is 2. The second kappa shape index (κ2) is 3.37. The summed E-state index contributed by atoms with van der Waals surface area (Å²) >= 11 is 0. The maximum absolute atomic E-state index is 9.64. The van der Waals surface area contributed by atoms with Crippen LogP contribution in [0.5, 0.6) is 0 Å². The van der Waals surface area contributed by atoms with Crippen LogP contribution in [0.3, 0.4) is 0 Å². The molecule has 1 aromatic rings. The third-order valence-corrected chi connectivity index (χ3v) is 3.49. The lowest BCUT2D eigenvalue weighted by molar-refractivity contribution is 0.0279. The van der Waals surface area contributed by atoms with Crippen molar-refractivity contribution < 1.29 is 5.11 Å². The standard InChI is InChI=1S/C12H17NO/c1-9(14)12(13)8-7-11(12)10-5-3-2-4-6-10/h2-6,9,11,14H,7-8,13H2,1H3. The van der Waals surface area contributed by atoms with Crippen LogP contribution in [0.15, 0.2) is 30.3 Å². The summed E-state index contributed by atoms with van der Waals surface area (Å²) in [7, 11) is 0. The lowest BCUT2D eigenvalue weighted by Crippen LogP contribution is -2.60. The van der Waals surface area contributed by atoms with Gasteiger partial charge in [-0.2, -0.15) is 0 Å². The smallest absolute Gasteiger partial charge is 0.0697 e. The van der Waals surface area contributed by atoms with Crippen molar-refractivity contribution in [1.29, 1.82) is 0 Å². The Morgan fingerprint density at radius 1 is 1.43 bits per heavy atom. The molecular formula is C12H17NO. The van der Waals surface area contributed by atoms with Crippen LogP contribution in [0.4, 0.5) is 0 Å². The van der Waals surface area contributed by atoms with Crippen molar-refractivity contribution in [3.8, 4) is 0 Å². The predicted octanol–water partition coefficient (Wildman–Crippen LogP) is 1.64. The summed E-state index contributed by atoms with van der Waals surface area (Å²) in [5.74, 6) is 0.323. The molecule has 1 aliphatic carbocycles. The highest BCUT2D eigenvalue weighted by atomic mass is 16.3. The first-order valence-corrected chi connectivity index (χ1v) is 5.16. The maximum Gasteiger partial charge on any atom is 0.0697 e. The average Bonchev–Trinajstić information content (AvgIpc) is 2.16. The van der Waals surface area contributed by atoms with Crippen molar-refractivity contribution in [3.63, 3.8) is 0 Å². The number of rotatable bonds is 2. The molecule has 0 spiro atoms. The van der Waals surface area contributed by atoms with Crippen molar-refractivity contribution in [1.82, 2.24) is 0 Å². The molecule has 1 aliphatic rings. The quantitative estimate of drug-likeness (QED) is 0.746. The van der Waals surface area contributed by atoms with Gasteiger partial charge in [0.15, 0.2) is 0 Å². The minimum atomic E-state index is -0.429. The van der Waals surface area contributed by atoms with Crippen LogP contribution in [0.1, 0.15) is 31.2 Å². The summed E-state index contributed by atoms with van der Waals surface area (Å²) < 4.78 is 0. The largest absolute Gasteiger partial charge is 0.391 e. The number of benzene rings is 1. The third-order valence-electron chi connectivity index (χ3n) is 3.49. The summed E-state index contributed by atoms with van der Waals surface area (Å²) in [6.45, 7) is 1.79. The van der Waals surface area contributed by atoms with Gasteiger partial charge in [-0.25, -0.2) is 0 Å². The van der Waals surface area contributed by atoms with Gasteiger partial charge in [-0.3, -0.25) is 0 Å². The van der Waals surface area contributed by atoms with Crippen molar-refractivity contribution in [2.75, 3.05) is 0 Å².